The van der Waals surface area contributed by atoms with Crippen molar-refractivity contribution in [1.29, 1.82) is 0 Å². The summed E-state index contributed by atoms with van der Waals surface area (Å²) in [5, 5.41) is -0.637. The third kappa shape index (κ3) is 5.72. The first-order valence-electron chi connectivity index (χ1n) is 7.79. The van der Waals surface area contributed by atoms with Crippen LogP contribution in [0.2, 0.25) is 0 Å². The van der Waals surface area contributed by atoms with Crippen LogP contribution in [-0.2, 0) is 23.9 Å². The summed E-state index contributed by atoms with van der Waals surface area (Å²) in [5.41, 5.74) is -0.926. The van der Waals surface area contributed by atoms with Crippen molar-refractivity contribution in [3.63, 3.8) is 0 Å². The van der Waals surface area contributed by atoms with Gasteiger partial charge in [0.2, 0.25) is 5.91 Å². The molecular formula is C16H22N2O6S. The molecule has 1 unspecified atom stereocenters. The van der Waals surface area contributed by atoms with Crippen molar-refractivity contribution >= 4 is 40.7 Å². The van der Waals surface area contributed by atoms with Crippen molar-refractivity contribution in [1.82, 2.24) is 4.90 Å². The lowest BCUT2D eigenvalue weighted by molar-refractivity contribution is -0.152. The number of hydrogen-bond acceptors (Lipinski definition) is 8. The van der Waals surface area contributed by atoms with Crippen LogP contribution >= 0.6 is 11.8 Å². The fraction of sp³-hybridized carbons (Fsp3) is 0.625. The van der Waals surface area contributed by atoms with Gasteiger partial charge in [0, 0.05) is 0 Å². The lowest BCUT2D eigenvalue weighted by atomic mass is 10.1. The molecule has 1 saturated heterocycles. The first-order chi connectivity index (χ1) is 11.6. The zero-order valence-corrected chi connectivity index (χ0v) is 15.8. The van der Waals surface area contributed by atoms with Crippen molar-refractivity contribution in [2.75, 3.05) is 19.0 Å². The molecule has 0 aliphatic carbocycles. The summed E-state index contributed by atoms with van der Waals surface area (Å²) in [6.45, 7) is 8.54. The second-order valence-electron chi connectivity index (χ2n) is 6.00. The maximum Gasteiger partial charge on any atom is 0.346 e. The molecule has 0 bridgehead atoms. The summed E-state index contributed by atoms with van der Waals surface area (Å²) in [6, 6.07) is -1.57. The van der Waals surface area contributed by atoms with E-state index in [0.29, 0.717) is 4.90 Å². The normalized spacial score (nSPS) is 15.5. The molecule has 0 aromatic rings. The van der Waals surface area contributed by atoms with E-state index in [9.17, 15) is 19.2 Å². The molecule has 0 N–H and O–H groups in total. The Morgan fingerprint density at radius 3 is 2.28 bits per heavy atom. The molecule has 25 heavy (non-hydrogen) atoms. The maximum absolute atomic E-state index is 12.4. The highest BCUT2D eigenvalue weighted by molar-refractivity contribution is 8.14. The third-order valence-corrected chi connectivity index (χ3v) is 3.67. The second-order valence-corrected chi connectivity index (χ2v) is 6.93. The maximum atomic E-state index is 12.4. The summed E-state index contributed by atoms with van der Waals surface area (Å²) in [7, 11) is 0. The first kappa shape index (κ1) is 20.9. The highest BCUT2D eigenvalue weighted by Gasteiger charge is 2.45. The van der Waals surface area contributed by atoms with E-state index >= 15 is 0 Å². The van der Waals surface area contributed by atoms with Crippen LogP contribution in [0.1, 0.15) is 34.6 Å². The minimum Gasteiger partial charge on any atom is -0.464 e. The number of imide groups is 1. The number of thioether (sulfide) groups is 1. The Balaban J connectivity index is 3.50. The summed E-state index contributed by atoms with van der Waals surface area (Å²) in [5.74, 6) is 0.0183. The standard InChI is InChI=1S/C16H22N2O6S/c1-6-23-13(20)10(8-17-16(3,4)5)12(14(21)24-7-2)18-11(19)9-25-15(18)22/h12H,6-7,9H2,1-5H3. The molecular weight excluding hydrogens is 348 g/mol. The molecule has 0 aromatic heterocycles. The number of carbonyl (C=O) groups is 4. The van der Waals surface area contributed by atoms with E-state index in [1.165, 1.54) is 0 Å². The van der Waals surface area contributed by atoms with E-state index in [4.69, 9.17) is 9.47 Å². The zero-order chi connectivity index (χ0) is 19.2. The van der Waals surface area contributed by atoms with Gasteiger partial charge in [0.15, 0.2) is 6.04 Å². The first-order valence-corrected chi connectivity index (χ1v) is 8.78. The smallest absolute Gasteiger partial charge is 0.346 e. The molecule has 138 valence electrons. The zero-order valence-electron chi connectivity index (χ0n) is 15.0. The molecule has 1 rings (SSSR count). The number of hydrogen-bond donors (Lipinski definition) is 0. The molecule has 8 nitrogen and oxygen atoms in total. The van der Waals surface area contributed by atoms with Gasteiger partial charge in [-0.15, -0.1) is 0 Å². The SMILES string of the molecule is CCOC(=O)C(=C=NC(C)(C)C)C(C(=O)OCC)N1C(=O)CSC1=O. The van der Waals surface area contributed by atoms with Crippen LogP contribution in [-0.4, -0.2) is 64.4 Å². The van der Waals surface area contributed by atoms with Crippen molar-refractivity contribution in [3.8, 4) is 0 Å². The predicted molar refractivity (Wildman–Crippen MR) is 92.5 cm³/mol. The number of ether oxygens (including phenoxy) is 2. The monoisotopic (exact) mass is 370 g/mol. The van der Waals surface area contributed by atoms with E-state index in [1.54, 1.807) is 34.6 Å². The summed E-state index contributed by atoms with van der Waals surface area (Å²) >= 11 is 0.749. The number of nitrogens with zero attached hydrogens (tertiary/aromatic N) is 2. The number of amides is 2. The highest BCUT2D eigenvalue weighted by Crippen LogP contribution is 2.25. The molecule has 0 aromatic carbocycles. The molecule has 1 heterocycles. The lowest BCUT2D eigenvalue weighted by Crippen LogP contribution is -2.48. The van der Waals surface area contributed by atoms with Crippen LogP contribution in [0.4, 0.5) is 4.79 Å². The molecule has 9 heteroatoms. The highest BCUT2D eigenvalue weighted by atomic mass is 32.2. The lowest BCUT2D eigenvalue weighted by Gasteiger charge is -2.24. The van der Waals surface area contributed by atoms with Crippen molar-refractivity contribution < 1.29 is 28.7 Å². The fourth-order valence-electron chi connectivity index (χ4n) is 1.84. The summed E-state index contributed by atoms with van der Waals surface area (Å²) in [6.07, 6.45) is 0. The Morgan fingerprint density at radius 2 is 1.84 bits per heavy atom. The third-order valence-electron chi connectivity index (χ3n) is 2.83. The van der Waals surface area contributed by atoms with E-state index in [1.807, 2.05) is 0 Å². The fourth-order valence-corrected chi connectivity index (χ4v) is 2.57. The Hall–Kier alpha value is -2.12. The van der Waals surface area contributed by atoms with E-state index < -0.39 is 34.7 Å². The van der Waals surface area contributed by atoms with Gasteiger partial charge in [-0.25, -0.2) is 14.6 Å². The number of rotatable bonds is 6. The summed E-state index contributed by atoms with van der Waals surface area (Å²) in [4.78, 5) is 53.7. The van der Waals surface area contributed by atoms with E-state index in [2.05, 4.69) is 10.9 Å². The summed E-state index contributed by atoms with van der Waals surface area (Å²) < 4.78 is 9.90. The van der Waals surface area contributed by atoms with Crippen LogP contribution in [0.3, 0.4) is 0 Å². The molecule has 0 radical (unpaired) electrons. The Morgan fingerprint density at radius 1 is 1.24 bits per heavy atom. The predicted octanol–water partition coefficient (Wildman–Crippen LogP) is 1.57. The van der Waals surface area contributed by atoms with E-state index in [0.717, 1.165) is 11.8 Å². The molecule has 1 atom stereocenters. The van der Waals surface area contributed by atoms with Crippen LogP contribution in [0, 0.1) is 0 Å². The van der Waals surface area contributed by atoms with E-state index in [-0.39, 0.29) is 24.5 Å². The van der Waals surface area contributed by atoms with Crippen LogP contribution in [0.5, 0.6) is 0 Å². The van der Waals surface area contributed by atoms with Gasteiger partial charge in [-0.3, -0.25) is 14.5 Å². The van der Waals surface area contributed by atoms with Gasteiger partial charge < -0.3 is 9.47 Å². The average Bonchev–Trinajstić information content (AvgIpc) is 2.82. The van der Waals surface area contributed by atoms with Gasteiger partial charge >= 0.3 is 11.9 Å². The van der Waals surface area contributed by atoms with Gasteiger partial charge in [0.1, 0.15) is 5.57 Å². The topological polar surface area (TPSA) is 102 Å². The molecule has 1 aliphatic rings. The van der Waals surface area contributed by atoms with Gasteiger partial charge in [0.05, 0.1) is 24.5 Å². The van der Waals surface area contributed by atoms with Gasteiger partial charge in [0.25, 0.3) is 5.24 Å². The Bertz CT molecular complexity index is 615. The quantitative estimate of drug-likeness (QED) is 0.397. The Kier molecular flexibility index (Phi) is 7.38. The largest absolute Gasteiger partial charge is 0.464 e. The number of carbonyl (C=O) groups excluding carboxylic acids is 4. The van der Waals surface area contributed by atoms with Crippen molar-refractivity contribution in [2.24, 2.45) is 4.99 Å². The second kappa shape index (κ2) is 8.82. The van der Waals surface area contributed by atoms with Crippen LogP contribution in [0.25, 0.3) is 0 Å². The van der Waals surface area contributed by atoms with Gasteiger partial charge in [-0.2, -0.15) is 0 Å². The molecule has 2 amide bonds. The Labute approximate surface area is 150 Å². The number of esters is 2. The minimum absolute atomic E-state index is 0.0191. The van der Waals surface area contributed by atoms with Crippen molar-refractivity contribution in [2.45, 2.75) is 46.2 Å². The number of aliphatic imine (C=N–C) groups is 1. The molecule has 0 spiro atoms. The van der Waals surface area contributed by atoms with Crippen molar-refractivity contribution in [3.05, 3.63) is 5.57 Å². The average molecular weight is 370 g/mol. The van der Waals surface area contributed by atoms with Gasteiger partial charge in [-0.05, 0) is 40.5 Å². The molecule has 1 fully saturated rings. The van der Waals surface area contributed by atoms with Crippen LogP contribution in [0.15, 0.2) is 10.6 Å². The molecule has 1 aliphatic heterocycles. The molecule has 0 saturated carbocycles. The van der Waals surface area contributed by atoms with Crippen LogP contribution < -0.4 is 0 Å². The minimum atomic E-state index is -1.57. The van der Waals surface area contributed by atoms with Gasteiger partial charge in [-0.1, -0.05) is 11.8 Å².